The van der Waals surface area contributed by atoms with E-state index in [0.717, 1.165) is 21.5 Å². The molecule has 1 atom stereocenters. The minimum absolute atomic E-state index is 0.0176. The summed E-state index contributed by atoms with van der Waals surface area (Å²) in [5.41, 5.74) is 1.36. The quantitative estimate of drug-likeness (QED) is 0.873. The number of hydrogen-bond acceptors (Lipinski definition) is 3. The SMILES string of the molecule is COc1cccc(C(C)(CO)Nc2ccc(Br)cc2)c1. The van der Waals surface area contributed by atoms with Crippen molar-refractivity contribution in [3.63, 3.8) is 0 Å². The van der Waals surface area contributed by atoms with Gasteiger partial charge in [0.1, 0.15) is 5.75 Å². The number of hydrogen-bond donors (Lipinski definition) is 2. The normalized spacial score (nSPS) is 13.6. The smallest absolute Gasteiger partial charge is 0.119 e. The van der Waals surface area contributed by atoms with Crippen LogP contribution in [0.4, 0.5) is 5.69 Å². The molecule has 0 saturated heterocycles. The highest BCUT2D eigenvalue weighted by atomic mass is 79.9. The first-order chi connectivity index (χ1) is 9.57. The number of halogens is 1. The third kappa shape index (κ3) is 3.32. The number of anilines is 1. The molecule has 0 heterocycles. The fourth-order valence-electron chi connectivity index (χ4n) is 2.02. The highest BCUT2D eigenvalue weighted by Gasteiger charge is 2.26. The largest absolute Gasteiger partial charge is 0.497 e. The molecule has 2 aromatic rings. The van der Waals surface area contributed by atoms with Crippen molar-refractivity contribution in [1.82, 2.24) is 0 Å². The zero-order valence-electron chi connectivity index (χ0n) is 11.6. The van der Waals surface area contributed by atoms with E-state index in [2.05, 4.69) is 21.2 Å². The molecule has 0 saturated carbocycles. The molecule has 0 aliphatic carbocycles. The molecule has 1 unspecified atom stereocenters. The maximum absolute atomic E-state index is 9.81. The molecule has 0 fully saturated rings. The summed E-state index contributed by atoms with van der Waals surface area (Å²) < 4.78 is 6.27. The maximum atomic E-state index is 9.81. The van der Waals surface area contributed by atoms with E-state index in [1.54, 1.807) is 7.11 Å². The first-order valence-corrected chi connectivity index (χ1v) is 7.16. The first-order valence-electron chi connectivity index (χ1n) is 6.36. The van der Waals surface area contributed by atoms with E-state index >= 15 is 0 Å². The van der Waals surface area contributed by atoms with Gasteiger partial charge in [-0.25, -0.2) is 0 Å². The lowest BCUT2D eigenvalue weighted by molar-refractivity contribution is 0.223. The van der Waals surface area contributed by atoms with Crippen molar-refractivity contribution in [3.05, 3.63) is 58.6 Å². The Labute approximate surface area is 127 Å². The van der Waals surface area contributed by atoms with Crippen LogP contribution in [-0.2, 0) is 5.54 Å². The Morgan fingerprint density at radius 2 is 1.90 bits per heavy atom. The topological polar surface area (TPSA) is 41.5 Å². The standard InChI is InChI=1S/C16H18BrNO2/c1-16(11-19,12-4-3-5-15(10-12)20-2)18-14-8-6-13(17)7-9-14/h3-10,18-19H,11H2,1-2H3. The lowest BCUT2D eigenvalue weighted by atomic mass is 9.92. The summed E-state index contributed by atoms with van der Waals surface area (Å²) >= 11 is 3.41. The van der Waals surface area contributed by atoms with Crippen LogP contribution in [0.25, 0.3) is 0 Å². The van der Waals surface area contributed by atoms with E-state index in [-0.39, 0.29) is 6.61 Å². The van der Waals surface area contributed by atoms with E-state index in [0.29, 0.717) is 0 Å². The van der Waals surface area contributed by atoms with Gasteiger partial charge in [0.15, 0.2) is 0 Å². The molecule has 0 aliphatic rings. The molecule has 0 spiro atoms. The van der Waals surface area contributed by atoms with Gasteiger partial charge in [0.05, 0.1) is 19.3 Å². The Hall–Kier alpha value is -1.52. The molecule has 0 radical (unpaired) electrons. The van der Waals surface area contributed by atoms with Gasteiger partial charge in [0.25, 0.3) is 0 Å². The number of benzene rings is 2. The maximum Gasteiger partial charge on any atom is 0.119 e. The molecule has 2 aromatic carbocycles. The van der Waals surface area contributed by atoms with E-state index in [1.165, 1.54) is 0 Å². The molecular weight excluding hydrogens is 318 g/mol. The van der Waals surface area contributed by atoms with Crippen LogP contribution in [0.3, 0.4) is 0 Å². The fraction of sp³-hybridized carbons (Fsp3) is 0.250. The summed E-state index contributed by atoms with van der Waals surface area (Å²) in [6.07, 6.45) is 0. The molecule has 0 amide bonds. The van der Waals surface area contributed by atoms with Crippen molar-refractivity contribution < 1.29 is 9.84 Å². The minimum atomic E-state index is -0.567. The van der Waals surface area contributed by atoms with E-state index in [4.69, 9.17) is 4.74 Å². The van der Waals surface area contributed by atoms with Gasteiger partial charge in [-0.2, -0.15) is 0 Å². The number of ether oxygens (including phenoxy) is 1. The Bertz CT molecular complexity index is 571. The molecule has 0 bridgehead atoms. The Balaban J connectivity index is 2.30. The van der Waals surface area contributed by atoms with Crippen LogP contribution in [0.5, 0.6) is 5.75 Å². The molecule has 2 rings (SSSR count). The van der Waals surface area contributed by atoms with E-state index < -0.39 is 5.54 Å². The predicted molar refractivity (Wildman–Crippen MR) is 85.2 cm³/mol. The average molecular weight is 336 g/mol. The summed E-state index contributed by atoms with van der Waals surface area (Å²) in [5.74, 6) is 0.778. The number of aliphatic hydroxyl groups is 1. The number of aliphatic hydroxyl groups excluding tert-OH is 1. The second kappa shape index (κ2) is 6.29. The zero-order chi connectivity index (χ0) is 14.6. The number of nitrogens with one attached hydrogen (secondary N) is 1. The van der Waals surface area contributed by atoms with Gasteiger partial charge in [-0.05, 0) is 48.9 Å². The van der Waals surface area contributed by atoms with Crippen LogP contribution in [0.15, 0.2) is 53.0 Å². The third-order valence-corrected chi connectivity index (χ3v) is 3.82. The zero-order valence-corrected chi connectivity index (χ0v) is 13.1. The molecule has 3 nitrogen and oxygen atoms in total. The van der Waals surface area contributed by atoms with Crippen molar-refractivity contribution in [1.29, 1.82) is 0 Å². The van der Waals surface area contributed by atoms with Gasteiger partial charge in [-0.3, -0.25) is 0 Å². The van der Waals surface area contributed by atoms with Gasteiger partial charge in [-0.1, -0.05) is 28.1 Å². The Morgan fingerprint density at radius 3 is 2.50 bits per heavy atom. The summed E-state index contributed by atoms with van der Waals surface area (Å²) in [6, 6.07) is 15.6. The van der Waals surface area contributed by atoms with Crippen molar-refractivity contribution in [2.45, 2.75) is 12.5 Å². The molecular formula is C16H18BrNO2. The molecule has 4 heteroatoms. The summed E-state index contributed by atoms with van der Waals surface area (Å²) in [4.78, 5) is 0. The second-order valence-electron chi connectivity index (χ2n) is 4.85. The van der Waals surface area contributed by atoms with Crippen molar-refractivity contribution >= 4 is 21.6 Å². The van der Waals surface area contributed by atoms with Crippen molar-refractivity contribution in [2.75, 3.05) is 19.0 Å². The minimum Gasteiger partial charge on any atom is -0.497 e. The molecule has 20 heavy (non-hydrogen) atoms. The lowest BCUT2D eigenvalue weighted by Gasteiger charge is -2.31. The lowest BCUT2D eigenvalue weighted by Crippen LogP contribution is -2.35. The van der Waals surface area contributed by atoms with Gasteiger partial charge < -0.3 is 15.2 Å². The van der Waals surface area contributed by atoms with Gasteiger partial charge >= 0.3 is 0 Å². The van der Waals surface area contributed by atoms with Gasteiger partial charge in [0.2, 0.25) is 0 Å². The van der Waals surface area contributed by atoms with Gasteiger partial charge in [-0.15, -0.1) is 0 Å². The second-order valence-corrected chi connectivity index (χ2v) is 5.77. The Kier molecular flexibility index (Phi) is 4.68. The van der Waals surface area contributed by atoms with Crippen LogP contribution in [-0.4, -0.2) is 18.8 Å². The van der Waals surface area contributed by atoms with Crippen molar-refractivity contribution in [2.24, 2.45) is 0 Å². The predicted octanol–water partition coefficient (Wildman–Crippen LogP) is 3.78. The average Bonchev–Trinajstić information content (AvgIpc) is 2.49. The summed E-state index contributed by atoms with van der Waals surface area (Å²) in [6.45, 7) is 1.94. The summed E-state index contributed by atoms with van der Waals surface area (Å²) in [5, 5.41) is 13.2. The summed E-state index contributed by atoms with van der Waals surface area (Å²) in [7, 11) is 1.64. The van der Waals surface area contributed by atoms with Gasteiger partial charge in [0, 0.05) is 10.2 Å². The van der Waals surface area contributed by atoms with Crippen LogP contribution in [0, 0.1) is 0 Å². The van der Waals surface area contributed by atoms with Crippen LogP contribution in [0.1, 0.15) is 12.5 Å². The van der Waals surface area contributed by atoms with Crippen LogP contribution in [0.2, 0.25) is 0 Å². The van der Waals surface area contributed by atoms with Crippen LogP contribution < -0.4 is 10.1 Å². The number of methoxy groups -OCH3 is 1. The monoisotopic (exact) mass is 335 g/mol. The first kappa shape index (κ1) is 14.9. The third-order valence-electron chi connectivity index (χ3n) is 3.29. The highest BCUT2D eigenvalue weighted by Crippen LogP contribution is 2.28. The molecule has 2 N–H and O–H groups in total. The van der Waals surface area contributed by atoms with Crippen molar-refractivity contribution in [3.8, 4) is 5.75 Å². The van der Waals surface area contributed by atoms with E-state index in [9.17, 15) is 5.11 Å². The molecule has 0 aromatic heterocycles. The van der Waals surface area contributed by atoms with Crippen LogP contribution >= 0.6 is 15.9 Å². The highest BCUT2D eigenvalue weighted by molar-refractivity contribution is 9.10. The Morgan fingerprint density at radius 1 is 1.20 bits per heavy atom. The number of rotatable bonds is 5. The fourth-order valence-corrected chi connectivity index (χ4v) is 2.29. The molecule has 106 valence electrons. The van der Waals surface area contributed by atoms with E-state index in [1.807, 2.05) is 55.5 Å². The molecule has 0 aliphatic heterocycles.